The van der Waals surface area contributed by atoms with Gasteiger partial charge in [0.15, 0.2) is 0 Å². The van der Waals surface area contributed by atoms with E-state index < -0.39 is 0 Å². The van der Waals surface area contributed by atoms with Crippen LogP contribution in [0.5, 0.6) is 0 Å². The van der Waals surface area contributed by atoms with Crippen LogP contribution in [0, 0.1) is 59.2 Å². The lowest BCUT2D eigenvalue weighted by molar-refractivity contribution is -0.346. The van der Waals surface area contributed by atoms with Gasteiger partial charge in [0.05, 0.1) is 0 Å². The van der Waals surface area contributed by atoms with E-state index in [1.807, 2.05) is 0 Å². The molecule has 5 aliphatic carbocycles. The molecular formula is C15H22. The second-order valence-electron chi connectivity index (χ2n) is 7.67. The number of hydrogen-bond donors (Lipinski definition) is 0. The van der Waals surface area contributed by atoms with E-state index in [9.17, 15) is 0 Å². The van der Waals surface area contributed by atoms with E-state index in [-0.39, 0.29) is 0 Å². The highest BCUT2D eigenvalue weighted by Gasteiger charge is 2.78. The summed E-state index contributed by atoms with van der Waals surface area (Å²) in [5, 5.41) is 0. The Balaban J connectivity index is 1.44. The molecule has 82 valence electrons. The van der Waals surface area contributed by atoms with Crippen LogP contribution < -0.4 is 0 Å². The van der Waals surface area contributed by atoms with Crippen LogP contribution in [-0.4, -0.2) is 0 Å². The Labute approximate surface area is 92.8 Å². The fraction of sp³-hybridized carbons (Fsp3) is 1.00. The van der Waals surface area contributed by atoms with Crippen molar-refractivity contribution in [3.63, 3.8) is 0 Å². The number of hydrogen-bond acceptors (Lipinski definition) is 0. The average molecular weight is 202 g/mol. The lowest BCUT2D eigenvalue weighted by Gasteiger charge is -2.82. The van der Waals surface area contributed by atoms with Gasteiger partial charge in [0, 0.05) is 0 Å². The van der Waals surface area contributed by atoms with Gasteiger partial charge in [-0.05, 0) is 78.4 Å². The lowest BCUT2D eigenvalue weighted by atomic mass is 9.23. The molecule has 0 aromatic carbocycles. The van der Waals surface area contributed by atoms with Crippen LogP contribution in [0.1, 0.15) is 33.1 Å². The maximum absolute atomic E-state index is 2.51. The molecule has 0 radical (unpaired) electrons. The summed E-state index contributed by atoms with van der Waals surface area (Å²) in [5.41, 5.74) is 0. The maximum Gasteiger partial charge on any atom is -0.0312 e. The first kappa shape index (κ1) is 8.14. The number of rotatable bonds is 0. The molecule has 10 atom stereocenters. The third-order valence-electron chi connectivity index (χ3n) is 7.40. The predicted octanol–water partition coefficient (Wildman–Crippen LogP) is 3.43. The average Bonchev–Trinajstić information content (AvgIpc) is 2.47. The van der Waals surface area contributed by atoms with Gasteiger partial charge < -0.3 is 0 Å². The van der Waals surface area contributed by atoms with Crippen molar-refractivity contribution in [2.75, 3.05) is 0 Å². The third kappa shape index (κ3) is 0.643. The van der Waals surface area contributed by atoms with Gasteiger partial charge in [0.1, 0.15) is 0 Å². The highest BCUT2D eigenvalue weighted by atomic mass is 14.8. The molecule has 0 N–H and O–H groups in total. The predicted molar refractivity (Wildman–Crippen MR) is 60.1 cm³/mol. The Bertz CT molecular complexity index is 327. The van der Waals surface area contributed by atoms with Crippen molar-refractivity contribution in [3.8, 4) is 0 Å². The van der Waals surface area contributed by atoms with Crippen LogP contribution in [0.25, 0.3) is 0 Å². The second-order valence-corrected chi connectivity index (χ2v) is 7.67. The van der Waals surface area contributed by atoms with Crippen molar-refractivity contribution >= 4 is 0 Å². The van der Waals surface area contributed by atoms with Crippen LogP contribution in [0.15, 0.2) is 0 Å². The van der Waals surface area contributed by atoms with E-state index in [1.165, 1.54) is 47.3 Å². The molecule has 0 amide bonds. The largest absolute Gasteiger partial charge is 0.0625 e. The second kappa shape index (κ2) is 2.17. The molecule has 0 aliphatic heterocycles. The first-order chi connectivity index (χ1) is 7.27. The smallest absolute Gasteiger partial charge is 0.0312 e. The van der Waals surface area contributed by atoms with Gasteiger partial charge in [0.25, 0.3) is 0 Å². The number of fused-ring (bicyclic) bond motifs is 10. The Morgan fingerprint density at radius 1 is 0.600 bits per heavy atom. The Morgan fingerprint density at radius 2 is 1.20 bits per heavy atom. The molecule has 10 unspecified atom stereocenters. The van der Waals surface area contributed by atoms with Gasteiger partial charge in [-0.3, -0.25) is 0 Å². The summed E-state index contributed by atoms with van der Waals surface area (Å²) in [7, 11) is 0. The van der Waals surface area contributed by atoms with Crippen LogP contribution >= 0.6 is 0 Å². The topological polar surface area (TPSA) is 0 Å². The Morgan fingerprint density at radius 3 is 1.87 bits per heavy atom. The fourth-order valence-corrected chi connectivity index (χ4v) is 7.12. The molecule has 0 aromatic heterocycles. The third-order valence-corrected chi connectivity index (χ3v) is 7.40. The Hall–Kier alpha value is 0. The zero-order chi connectivity index (χ0) is 9.89. The lowest BCUT2D eigenvalue weighted by Crippen LogP contribution is -2.78. The van der Waals surface area contributed by atoms with E-state index in [2.05, 4.69) is 13.8 Å². The maximum atomic E-state index is 2.51. The van der Waals surface area contributed by atoms with Gasteiger partial charge >= 0.3 is 0 Å². The monoisotopic (exact) mass is 202 g/mol. The first-order valence-corrected chi connectivity index (χ1v) is 7.27. The van der Waals surface area contributed by atoms with Gasteiger partial charge in [-0.2, -0.15) is 0 Å². The molecule has 0 nitrogen and oxygen atoms in total. The van der Waals surface area contributed by atoms with E-state index in [0.29, 0.717) is 0 Å². The van der Waals surface area contributed by atoms with Crippen molar-refractivity contribution < 1.29 is 0 Å². The molecule has 0 spiro atoms. The first-order valence-electron chi connectivity index (χ1n) is 7.27. The molecule has 5 fully saturated rings. The van der Waals surface area contributed by atoms with Crippen LogP contribution in [-0.2, 0) is 0 Å². The van der Waals surface area contributed by atoms with Gasteiger partial charge in [-0.1, -0.05) is 13.8 Å². The highest BCUT2D eigenvalue weighted by molar-refractivity contribution is 5.25. The molecule has 5 saturated carbocycles. The standard InChI is InChI=1S/C15H22/c1-6-3-8-9(4-6)13-12(8)14-10-5-7(2)11(10)15(13)14/h6-15H,3-5H2,1-2H3. The van der Waals surface area contributed by atoms with E-state index in [4.69, 9.17) is 0 Å². The molecule has 0 aromatic rings. The summed E-state index contributed by atoms with van der Waals surface area (Å²) >= 11 is 0. The zero-order valence-electron chi connectivity index (χ0n) is 9.89. The molecule has 0 saturated heterocycles. The summed E-state index contributed by atoms with van der Waals surface area (Å²) in [6.07, 6.45) is 4.80. The Kier molecular flexibility index (Phi) is 1.18. The molecule has 5 rings (SSSR count). The van der Waals surface area contributed by atoms with Crippen molar-refractivity contribution in [1.82, 2.24) is 0 Å². The highest BCUT2D eigenvalue weighted by Crippen LogP contribution is 2.83. The molecule has 0 heteroatoms. The van der Waals surface area contributed by atoms with Crippen molar-refractivity contribution in [3.05, 3.63) is 0 Å². The zero-order valence-corrected chi connectivity index (χ0v) is 9.89. The molecular weight excluding hydrogens is 180 g/mol. The van der Waals surface area contributed by atoms with E-state index in [0.717, 1.165) is 11.8 Å². The molecule has 15 heavy (non-hydrogen) atoms. The van der Waals surface area contributed by atoms with Crippen LogP contribution in [0.2, 0.25) is 0 Å². The van der Waals surface area contributed by atoms with E-state index >= 15 is 0 Å². The molecule has 0 heterocycles. The summed E-state index contributed by atoms with van der Waals surface area (Å²) in [5.74, 6) is 12.0. The molecule has 0 bridgehead atoms. The summed E-state index contributed by atoms with van der Waals surface area (Å²) in [6.45, 7) is 5.01. The van der Waals surface area contributed by atoms with Crippen LogP contribution in [0.3, 0.4) is 0 Å². The van der Waals surface area contributed by atoms with Crippen molar-refractivity contribution in [2.45, 2.75) is 33.1 Å². The van der Waals surface area contributed by atoms with Crippen molar-refractivity contribution in [2.24, 2.45) is 59.2 Å². The normalized spacial score (nSPS) is 77.2. The minimum atomic E-state index is 1.07. The van der Waals surface area contributed by atoms with Gasteiger partial charge in [-0.15, -0.1) is 0 Å². The minimum absolute atomic E-state index is 1.07. The quantitative estimate of drug-likeness (QED) is 0.528. The van der Waals surface area contributed by atoms with Crippen LogP contribution in [0.4, 0.5) is 0 Å². The van der Waals surface area contributed by atoms with E-state index in [1.54, 1.807) is 19.3 Å². The van der Waals surface area contributed by atoms with Gasteiger partial charge in [0.2, 0.25) is 0 Å². The SMILES string of the molecule is CC1CC2C(C1)C1C2C2C3CC(C)C3C12. The van der Waals surface area contributed by atoms with Crippen molar-refractivity contribution in [1.29, 1.82) is 0 Å². The molecule has 5 aliphatic rings. The minimum Gasteiger partial charge on any atom is -0.0625 e. The summed E-state index contributed by atoms with van der Waals surface area (Å²) in [4.78, 5) is 0. The summed E-state index contributed by atoms with van der Waals surface area (Å²) in [6, 6.07) is 0. The van der Waals surface area contributed by atoms with Gasteiger partial charge in [-0.25, -0.2) is 0 Å². The summed E-state index contributed by atoms with van der Waals surface area (Å²) < 4.78 is 0. The fourth-order valence-electron chi connectivity index (χ4n) is 7.12.